The Hall–Kier alpha value is -1.59. The molecule has 16 heavy (non-hydrogen) atoms. The van der Waals surface area contributed by atoms with Crippen molar-refractivity contribution >= 4 is 5.91 Å². The molecule has 0 aliphatic rings. The van der Waals surface area contributed by atoms with Crippen molar-refractivity contribution in [2.75, 3.05) is 13.2 Å². The molecule has 1 atom stereocenters. The van der Waals surface area contributed by atoms with Crippen LogP contribution in [0, 0.1) is 0 Å². The van der Waals surface area contributed by atoms with Crippen LogP contribution in [0.1, 0.15) is 5.56 Å². The van der Waals surface area contributed by atoms with E-state index in [9.17, 15) is 4.79 Å². The number of carbonyl (C=O) groups is 1. The number of amides is 1. The fraction of sp³-hybridized carbons (Fsp3) is 0.364. The fourth-order valence-corrected chi connectivity index (χ4v) is 1.15. The van der Waals surface area contributed by atoms with Crippen LogP contribution in [0.4, 0.5) is 0 Å². The van der Waals surface area contributed by atoms with E-state index in [-0.39, 0.29) is 25.5 Å². The first kappa shape index (κ1) is 12.5. The molecular formula is C11H15NO4. The third-order valence-electron chi connectivity index (χ3n) is 1.95. The maximum absolute atomic E-state index is 10.6. The number of aliphatic hydroxyl groups excluding tert-OH is 2. The second kappa shape index (κ2) is 6.09. The summed E-state index contributed by atoms with van der Waals surface area (Å²) >= 11 is 0. The highest BCUT2D eigenvalue weighted by molar-refractivity contribution is 5.76. The second-order valence-electron chi connectivity index (χ2n) is 3.43. The molecule has 88 valence electrons. The highest BCUT2D eigenvalue weighted by Crippen LogP contribution is 2.12. The summed E-state index contributed by atoms with van der Waals surface area (Å²) in [5.74, 6) is 0.185. The minimum Gasteiger partial charge on any atom is -0.491 e. The quantitative estimate of drug-likeness (QED) is 0.605. The lowest BCUT2D eigenvalue weighted by Gasteiger charge is -2.09. The molecule has 0 spiro atoms. The normalized spacial score (nSPS) is 12.1. The van der Waals surface area contributed by atoms with Crippen molar-refractivity contribution in [2.45, 2.75) is 12.5 Å². The molecule has 0 fully saturated rings. The van der Waals surface area contributed by atoms with E-state index in [0.29, 0.717) is 5.75 Å². The zero-order chi connectivity index (χ0) is 12.0. The van der Waals surface area contributed by atoms with Gasteiger partial charge in [0, 0.05) is 0 Å². The molecule has 1 aromatic carbocycles. The minimum absolute atomic E-state index is 0.0334. The van der Waals surface area contributed by atoms with Gasteiger partial charge in [-0.15, -0.1) is 0 Å². The van der Waals surface area contributed by atoms with Gasteiger partial charge < -0.3 is 20.7 Å². The summed E-state index contributed by atoms with van der Waals surface area (Å²) in [6, 6.07) is 6.82. The van der Waals surface area contributed by atoms with E-state index < -0.39 is 6.10 Å². The molecule has 0 bridgehead atoms. The van der Waals surface area contributed by atoms with Crippen LogP contribution < -0.4 is 10.5 Å². The molecule has 1 amide bonds. The van der Waals surface area contributed by atoms with E-state index in [1.807, 2.05) is 0 Å². The van der Waals surface area contributed by atoms with Gasteiger partial charge in [0.05, 0.1) is 13.0 Å². The molecule has 4 N–H and O–H groups in total. The van der Waals surface area contributed by atoms with Gasteiger partial charge in [-0.3, -0.25) is 4.79 Å². The van der Waals surface area contributed by atoms with Gasteiger partial charge >= 0.3 is 0 Å². The SMILES string of the molecule is NC(=O)Cc1ccc(OC[C@H](O)CO)cc1. The van der Waals surface area contributed by atoms with Crippen LogP contribution in [-0.4, -0.2) is 35.4 Å². The molecule has 0 aliphatic carbocycles. The lowest BCUT2D eigenvalue weighted by molar-refractivity contribution is -0.117. The van der Waals surface area contributed by atoms with E-state index in [4.69, 9.17) is 20.7 Å². The number of carbonyl (C=O) groups excluding carboxylic acids is 1. The van der Waals surface area contributed by atoms with Crippen LogP contribution in [0.5, 0.6) is 5.75 Å². The monoisotopic (exact) mass is 225 g/mol. The summed E-state index contributed by atoms with van der Waals surface area (Å²) in [5.41, 5.74) is 5.86. The van der Waals surface area contributed by atoms with Crippen molar-refractivity contribution in [2.24, 2.45) is 5.73 Å². The van der Waals surface area contributed by atoms with Crippen LogP contribution in [0.15, 0.2) is 24.3 Å². The number of aliphatic hydroxyl groups is 2. The highest BCUT2D eigenvalue weighted by Gasteiger charge is 2.03. The van der Waals surface area contributed by atoms with Crippen LogP contribution >= 0.6 is 0 Å². The molecule has 0 saturated carbocycles. The number of hydrogen-bond donors (Lipinski definition) is 3. The Morgan fingerprint density at radius 3 is 2.50 bits per heavy atom. The number of nitrogens with two attached hydrogens (primary N) is 1. The molecule has 1 aromatic rings. The van der Waals surface area contributed by atoms with Crippen LogP contribution in [0.2, 0.25) is 0 Å². The molecule has 1 rings (SSSR count). The molecule has 0 unspecified atom stereocenters. The Balaban J connectivity index is 2.48. The van der Waals surface area contributed by atoms with E-state index in [2.05, 4.69) is 0 Å². The first-order chi connectivity index (χ1) is 7.61. The third kappa shape index (κ3) is 4.29. The molecule has 0 aromatic heterocycles. The van der Waals surface area contributed by atoms with Gasteiger partial charge in [0.25, 0.3) is 0 Å². The van der Waals surface area contributed by atoms with Crippen LogP contribution in [0.3, 0.4) is 0 Å². The fourth-order valence-electron chi connectivity index (χ4n) is 1.15. The zero-order valence-electron chi connectivity index (χ0n) is 8.80. The van der Waals surface area contributed by atoms with Gasteiger partial charge in [-0.05, 0) is 17.7 Å². The summed E-state index contributed by atoms with van der Waals surface area (Å²) in [4.78, 5) is 10.6. The number of hydrogen-bond acceptors (Lipinski definition) is 4. The summed E-state index contributed by atoms with van der Waals surface area (Å²) in [7, 11) is 0. The standard InChI is InChI=1S/C11H15NO4/c12-11(15)5-8-1-3-10(4-2-8)16-7-9(14)6-13/h1-4,9,13-14H,5-7H2,(H2,12,15)/t9-/m1/s1. The number of ether oxygens (including phenoxy) is 1. The van der Waals surface area contributed by atoms with E-state index >= 15 is 0 Å². The van der Waals surface area contributed by atoms with Crippen molar-refractivity contribution in [3.63, 3.8) is 0 Å². The molecule has 5 nitrogen and oxygen atoms in total. The first-order valence-corrected chi connectivity index (χ1v) is 4.90. The Morgan fingerprint density at radius 2 is 2.00 bits per heavy atom. The summed E-state index contributed by atoms with van der Waals surface area (Å²) in [5, 5.41) is 17.6. The average Bonchev–Trinajstić information content (AvgIpc) is 2.27. The second-order valence-corrected chi connectivity index (χ2v) is 3.43. The van der Waals surface area contributed by atoms with Crippen LogP contribution in [-0.2, 0) is 11.2 Å². The van der Waals surface area contributed by atoms with Gasteiger partial charge in [0.2, 0.25) is 5.91 Å². The van der Waals surface area contributed by atoms with Crippen LogP contribution in [0.25, 0.3) is 0 Å². The predicted molar refractivity (Wildman–Crippen MR) is 57.9 cm³/mol. The van der Waals surface area contributed by atoms with Gasteiger partial charge in [-0.2, -0.15) is 0 Å². The first-order valence-electron chi connectivity index (χ1n) is 4.90. The van der Waals surface area contributed by atoms with Gasteiger partial charge in [-0.25, -0.2) is 0 Å². The Morgan fingerprint density at radius 1 is 1.38 bits per heavy atom. The Bertz CT molecular complexity index is 336. The van der Waals surface area contributed by atoms with Gasteiger partial charge in [0.15, 0.2) is 0 Å². The molecule has 5 heteroatoms. The van der Waals surface area contributed by atoms with Crippen molar-refractivity contribution < 1.29 is 19.7 Å². The lowest BCUT2D eigenvalue weighted by atomic mass is 10.1. The van der Waals surface area contributed by atoms with E-state index in [0.717, 1.165) is 5.56 Å². The molecule has 0 heterocycles. The Labute approximate surface area is 93.5 Å². The summed E-state index contributed by atoms with van der Waals surface area (Å²) in [6.45, 7) is -0.300. The highest BCUT2D eigenvalue weighted by atomic mass is 16.5. The zero-order valence-corrected chi connectivity index (χ0v) is 8.80. The van der Waals surface area contributed by atoms with Gasteiger partial charge in [-0.1, -0.05) is 12.1 Å². The molecule has 0 aliphatic heterocycles. The number of benzene rings is 1. The summed E-state index contributed by atoms with van der Waals surface area (Å²) in [6.07, 6.45) is -0.690. The maximum atomic E-state index is 10.6. The topological polar surface area (TPSA) is 92.8 Å². The molecular weight excluding hydrogens is 210 g/mol. The maximum Gasteiger partial charge on any atom is 0.221 e. The largest absolute Gasteiger partial charge is 0.491 e. The van der Waals surface area contributed by atoms with Crippen molar-refractivity contribution in [3.8, 4) is 5.75 Å². The lowest BCUT2D eigenvalue weighted by Crippen LogP contribution is -2.21. The number of primary amides is 1. The minimum atomic E-state index is -0.884. The molecule has 0 radical (unpaired) electrons. The van der Waals surface area contributed by atoms with Gasteiger partial charge in [0.1, 0.15) is 18.5 Å². The van der Waals surface area contributed by atoms with E-state index in [1.54, 1.807) is 24.3 Å². The van der Waals surface area contributed by atoms with Crippen molar-refractivity contribution in [1.82, 2.24) is 0 Å². The molecule has 0 saturated heterocycles. The average molecular weight is 225 g/mol. The smallest absolute Gasteiger partial charge is 0.221 e. The third-order valence-corrected chi connectivity index (χ3v) is 1.95. The van der Waals surface area contributed by atoms with Crippen molar-refractivity contribution in [3.05, 3.63) is 29.8 Å². The Kier molecular flexibility index (Phi) is 4.75. The van der Waals surface area contributed by atoms with Crippen molar-refractivity contribution in [1.29, 1.82) is 0 Å². The van der Waals surface area contributed by atoms with E-state index in [1.165, 1.54) is 0 Å². The number of rotatable bonds is 6. The predicted octanol–water partition coefficient (Wildman–Crippen LogP) is -0.554. The summed E-state index contributed by atoms with van der Waals surface area (Å²) < 4.78 is 5.19.